The predicted molar refractivity (Wildman–Crippen MR) is 116 cm³/mol. The molecule has 0 aromatic heterocycles. The number of aliphatic carboxylic acids is 1. The van der Waals surface area contributed by atoms with Crippen molar-refractivity contribution < 1.29 is 32.9 Å². The number of aliphatic hydroxyl groups is 1. The number of rotatable bonds is 8. The molecule has 1 aromatic carbocycles. The molecule has 1 aliphatic heterocycles. The average molecular weight is 466 g/mol. The van der Waals surface area contributed by atoms with Gasteiger partial charge in [0.15, 0.2) is 21.6 Å². The Morgan fingerprint density at radius 3 is 2.23 bits per heavy atom. The molecular weight excluding hydrogens is 437 g/mol. The first-order valence-corrected chi connectivity index (χ1v) is 11.1. The fourth-order valence-electron chi connectivity index (χ4n) is 2.96. The molecule has 10 heteroatoms. The Bertz CT molecular complexity index is 938. The van der Waals surface area contributed by atoms with Crippen LogP contribution in [0.15, 0.2) is 39.9 Å². The average Bonchev–Trinajstić information content (AvgIpc) is 2.90. The molecule has 0 spiro atoms. The number of carboxylic acid groups (broad SMARTS) is 1. The van der Waals surface area contributed by atoms with E-state index < -0.39 is 34.1 Å². The molecule has 0 unspecified atom stereocenters. The molecule has 162 valence electrons. The van der Waals surface area contributed by atoms with Crippen molar-refractivity contribution in [3.05, 3.63) is 35.6 Å². The van der Waals surface area contributed by atoms with Crippen LogP contribution in [0.25, 0.3) is 5.57 Å². The first kappa shape index (κ1) is 27.3. The molecule has 1 heterocycles. The molecule has 0 fully saturated rings. The van der Waals surface area contributed by atoms with Crippen LogP contribution in [0.4, 0.5) is 0 Å². The van der Waals surface area contributed by atoms with E-state index in [1.165, 1.54) is 12.1 Å². The Morgan fingerprint density at radius 1 is 1.27 bits per heavy atom. The van der Waals surface area contributed by atoms with Crippen molar-refractivity contribution in [2.24, 2.45) is 4.99 Å². The van der Waals surface area contributed by atoms with Gasteiger partial charge in [0.25, 0.3) is 5.90 Å². The Labute approximate surface area is 219 Å². The molecule has 1 aromatic rings. The molecule has 1 aliphatic rings. The van der Waals surface area contributed by atoms with Crippen molar-refractivity contribution in [3.8, 4) is 0 Å². The molecule has 0 saturated heterocycles. The van der Waals surface area contributed by atoms with E-state index in [0.717, 1.165) is 6.26 Å². The molecule has 8 nitrogen and oxygen atoms in total. The van der Waals surface area contributed by atoms with Gasteiger partial charge in [0.05, 0.1) is 23.2 Å². The molecule has 0 amide bonds. The van der Waals surface area contributed by atoms with Gasteiger partial charge < -0.3 is 19.7 Å². The second kappa shape index (κ2) is 10.7. The predicted octanol–water partition coefficient (Wildman–Crippen LogP) is 1.62. The van der Waals surface area contributed by atoms with Gasteiger partial charge in [-0.15, -0.1) is 0 Å². The number of nitrogens with zero attached hydrogens (tertiary/aromatic N) is 1. The summed E-state index contributed by atoms with van der Waals surface area (Å²) < 4.78 is 35.5. The summed E-state index contributed by atoms with van der Waals surface area (Å²) in [7, 11) is -3.34. The third-order valence-electron chi connectivity index (χ3n) is 4.60. The van der Waals surface area contributed by atoms with Crippen LogP contribution in [0.1, 0.15) is 39.7 Å². The molecule has 30 heavy (non-hydrogen) atoms. The number of hydrogen-bond donors (Lipinski definition) is 2. The van der Waals surface area contributed by atoms with E-state index in [0.29, 0.717) is 17.6 Å². The third-order valence-corrected chi connectivity index (χ3v) is 5.73. The van der Waals surface area contributed by atoms with Crippen molar-refractivity contribution in [1.82, 2.24) is 0 Å². The van der Waals surface area contributed by atoms with Gasteiger partial charge >= 0.3 is 57.4 Å². The van der Waals surface area contributed by atoms with Gasteiger partial charge in [-0.3, -0.25) is 0 Å². The van der Waals surface area contributed by atoms with E-state index in [9.17, 15) is 23.4 Å². The summed E-state index contributed by atoms with van der Waals surface area (Å²) in [5, 5.41) is 18.6. The first-order chi connectivity index (χ1) is 13.4. The molecule has 0 aliphatic carbocycles. The molecule has 0 bridgehead atoms. The van der Waals surface area contributed by atoms with Crippen molar-refractivity contribution in [3.63, 3.8) is 0 Å². The van der Waals surface area contributed by atoms with Crippen molar-refractivity contribution >= 4 is 78.7 Å². The summed E-state index contributed by atoms with van der Waals surface area (Å²) in [6.07, 6.45) is 1.41. The number of sulfone groups is 1. The summed E-state index contributed by atoms with van der Waals surface area (Å²) in [5.74, 6) is -0.987. The molecule has 2 atom stereocenters. The minimum atomic E-state index is -3.34. The van der Waals surface area contributed by atoms with Gasteiger partial charge in [-0.25, -0.2) is 18.2 Å². The van der Waals surface area contributed by atoms with E-state index in [2.05, 4.69) is 4.99 Å². The Balaban J connectivity index is 0.00000450. The van der Waals surface area contributed by atoms with E-state index in [-0.39, 0.29) is 74.0 Å². The zero-order chi connectivity index (χ0) is 22.0. The van der Waals surface area contributed by atoms with E-state index in [4.69, 9.17) is 9.47 Å². The van der Waals surface area contributed by atoms with Crippen LogP contribution in [-0.4, -0.2) is 112 Å². The van der Waals surface area contributed by atoms with Crippen molar-refractivity contribution in [2.45, 2.75) is 56.8 Å². The topological polar surface area (TPSA) is 122 Å². The molecule has 2 N–H and O–H groups in total. The number of aliphatic hydroxyl groups excluding tert-OH is 1. The number of hydrogen-bond acceptors (Lipinski definition) is 7. The molecule has 0 radical (unpaired) electrons. The Hall–Kier alpha value is -0.754. The van der Waals surface area contributed by atoms with Gasteiger partial charge in [-0.2, -0.15) is 0 Å². The van der Waals surface area contributed by atoms with Crippen LogP contribution >= 0.6 is 0 Å². The van der Waals surface area contributed by atoms with Crippen LogP contribution < -0.4 is 0 Å². The summed E-state index contributed by atoms with van der Waals surface area (Å²) in [5.41, 5.74) is 0.460. The van der Waals surface area contributed by atoms with Gasteiger partial charge in [0.2, 0.25) is 0 Å². The van der Waals surface area contributed by atoms with Gasteiger partial charge in [-0.05, 0) is 44.9 Å². The Kier molecular flexibility index (Phi) is 9.74. The zero-order valence-electron chi connectivity index (χ0n) is 17.2. The van der Waals surface area contributed by atoms with Crippen LogP contribution in [0, 0.1) is 0 Å². The number of ether oxygens (including phenoxy) is 2. The number of benzene rings is 1. The van der Waals surface area contributed by atoms with Crippen molar-refractivity contribution in [1.29, 1.82) is 0 Å². The third kappa shape index (κ3) is 6.15. The van der Waals surface area contributed by atoms with Crippen LogP contribution in [0.2, 0.25) is 0 Å². The number of aliphatic imine (C=N–C) groups is 1. The summed E-state index contributed by atoms with van der Waals surface area (Å²) in [6, 6.07) is 4.95. The van der Waals surface area contributed by atoms with Crippen LogP contribution in [-0.2, 0) is 24.1 Å². The fraction of sp³-hybridized carbons (Fsp3) is 0.500. The van der Waals surface area contributed by atoms with Crippen LogP contribution in [0.3, 0.4) is 0 Å². The van der Waals surface area contributed by atoms with Gasteiger partial charge in [0.1, 0.15) is 5.60 Å². The number of carboxylic acids is 1. The molecular formula is C20H28KNO7S. The van der Waals surface area contributed by atoms with E-state index in [1.54, 1.807) is 12.1 Å². The standard InChI is InChI=1S/C20H27NO7S.K.H/c1-6-20(4)16(13-7-9-14(10-8-13)29(5,25)26)17(27-12(2)3)18(28-20)21-15(11-22)19(23)24;;/h7-10,12,15,22H,6,11H2,1-5H3,(H,23,24);;/b21-18+;;/t15-,20-;;/m0../s1. The van der Waals surface area contributed by atoms with Crippen molar-refractivity contribution in [2.75, 3.05) is 12.9 Å². The fourth-order valence-corrected chi connectivity index (χ4v) is 3.59. The summed E-state index contributed by atoms with van der Waals surface area (Å²) in [4.78, 5) is 15.6. The van der Waals surface area contributed by atoms with Crippen LogP contribution in [0.5, 0.6) is 0 Å². The first-order valence-electron chi connectivity index (χ1n) is 9.25. The zero-order valence-corrected chi connectivity index (χ0v) is 18.0. The molecule has 2 rings (SSSR count). The maximum atomic E-state index is 11.8. The minimum absolute atomic E-state index is 0. The summed E-state index contributed by atoms with van der Waals surface area (Å²) >= 11 is 0. The van der Waals surface area contributed by atoms with E-state index in [1.807, 2.05) is 27.7 Å². The van der Waals surface area contributed by atoms with Gasteiger partial charge in [-0.1, -0.05) is 19.1 Å². The molecule has 0 saturated carbocycles. The maximum absolute atomic E-state index is 11.8. The quantitative estimate of drug-likeness (QED) is 0.559. The second-order valence-electron chi connectivity index (χ2n) is 7.32. The normalized spacial score (nSPS) is 21.4. The SMILES string of the molecule is CC[C@]1(C)O/C(=N/[C@@H](CO)C(=O)O)C(OC(C)C)=C1c1ccc(S(C)(=O)=O)cc1.[KH]. The number of carbonyl (C=O) groups is 1. The van der Waals surface area contributed by atoms with Gasteiger partial charge in [0, 0.05) is 6.26 Å². The monoisotopic (exact) mass is 465 g/mol. The summed E-state index contributed by atoms with van der Waals surface area (Å²) in [6.45, 7) is 6.68. The van der Waals surface area contributed by atoms with E-state index >= 15 is 0 Å². The second-order valence-corrected chi connectivity index (χ2v) is 9.34. The Morgan fingerprint density at radius 2 is 1.83 bits per heavy atom.